The van der Waals surface area contributed by atoms with Crippen LogP contribution in [0.2, 0.25) is 5.02 Å². The number of nitrogens with zero attached hydrogens (tertiary/aromatic N) is 5. The maximum atomic E-state index is 13.1. The van der Waals surface area contributed by atoms with Crippen molar-refractivity contribution in [2.24, 2.45) is 0 Å². The van der Waals surface area contributed by atoms with Gasteiger partial charge < -0.3 is 14.7 Å². The second-order valence-electron chi connectivity index (χ2n) is 7.54. The molecule has 2 fully saturated rings. The highest BCUT2D eigenvalue weighted by atomic mass is 35.5. The van der Waals surface area contributed by atoms with Crippen molar-refractivity contribution in [1.82, 2.24) is 14.9 Å². The normalized spacial score (nSPS) is 16.6. The largest absolute Gasteiger partial charge is 0.371 e. The number of anilines is 2. The Morgan fingerprint density at radius 2 is 1.71 bits per heavy atom. The molecule has 6 nitrogen and oxygen atoms in total. The Balaban J connectivity index is 1.53. The van der Waals surface area contributed by atoms with E-state index in [1.807, 2.05) is 6.07 Å². The molecule has 1 aromatic carbocycles. The van der Waals surface area contributed by atoms with Gasteiger partial charge in [-0.25, -0.2) is 9.97 Å². The number of aromatic nitrogens is 2. The Kier molecular flexibility index (Phi) is 5.67. The molecule has 1 aromatic heterocycles. The van der Waals surface area contributed by atoms with Gasteiger partial charge in [-0.3, -0.25) is 4.79 Å². The minimum absolute atomic E-state index is 0.177. The number of benzene rings is 1. The van der Waals surface area contributed by atoms with Crippen LogP contribution < -0.4 is 9.80 Å². The zero-order valence-corrected chi connectivity index (χ0v) is 17.0. The number of amides is 1. The van der Waals surface area contributed by atoms with Gasteiger partial charge in [0.15, 0.2) is 5.69 Å². The van der Waals surface area contributed by atoms with Crippen molar-refractivity contribution >= 4 is 29.1 Å². The second kappa shape index (κ2) is 8.35. The lowest BCUT2D eigenvalue weighted by Gasteiger charge is -2.25. The van der Waals surface area contributed by atoms with Crippen molar-refractivity contribution in [2.75, 3.05) is 43.0 Å². The number of halogens is 1. The molecule has 7 heteroatoms. The van der Waals surface area contributed by atoms with Crippen LogP contribution in [-0.4, -0.2) is 54.0 Å². The van der Waals surface area contributed by atoms with Gasteiger partial charge in [-0.05, 0) is 37.3 Å². The highest BCUT2D eigenvalue weighted by Crippen LogP contribution is 2.26. The SMILES string of the molecule is CN(Cc1ccccc1N1CCCC1)C(=O)c1nc(N2CCCC2)ncc1Cl. The van der Waals surface area contributed by atoms with E-state index in [0.29, 0.717) is 17.5 Å². The number of rotatable bonds is 5. The van der Waals surface area contributed by atoms with Crippen LogP contribution in [0.5, 0.6) is 0 Å². The topological polar surface area (TPSA) is 52.6 Å². The summed E-state index contributed by atoms with van der Waals surface area (Å²) in [6.07, 6.45) is 6.24. The molecule has 28 heavy (non-hydrogen) atoms. The zero-order valence-electron chi connectivity index (χ0n) is 16.3. The molecule has 4 rings (SSSR count). The molecule has 0 bridgehead atoms. The van der Waals surface area contributed by atoms with Crippen molar-refractivity contribution < 1.29 is 4.79 Å². The molecular weight excluding hydrogens is 374 g/mol. The van der Waals surface area contributed by atoms with Crippen molar-refractivity contribution in [3.8, 4) is 0 Å². The monoisotopic (exact) mass is 399 g/mol. The second-order valence-corrected chi connectivity index (χ2v) is 7.95. The predicted molar refractivity (Wildman–Crippen MR) is 112 cm³/mol. The van der Waals surface area contributed by atoms with Crippen LogP contribution in [-0.2, 0) is 6.54 Å². The molecule has 0 unspecified atom stereocenters. The van der Waals surface area contributed by atoms with Crippen LogP contribution in [0.1, 0.15) is 41.7 Å². The van der Waals surface area contributed by atoms with E-state index < -0.39 is 0 Å². The molecule has 0 aliphatic carbocycles. The maximum Gasteiger partial charge on any atom is 0.274 e. The van der Waals surface area contributed by atoms with Crippen LogP contribution in [0.25, 0.3) is 0 Å². The standard InChI is InChI=1S/C21H26ClN5O/c1-25(15-16-8-2-3-9-18(16)26-10-4-5-11-26)20(28)19-17(22)14-23-21(24-19)27-12-6-7-13-27/h2-3,8-9,14H,4-7,10-13,15H2,1H3. The average molecular weight is 400 g/mol. The Hall–Kier alpha value is -2.34. The van der Waals surface area contributed by atoms with Crippen LogP contribution in [0.3, 0.4) is 0 Å². The number of carbonyl (C=O) groups excluding carboxylic acids is 1. The molecule has 0 spiro atoms. The van der Waals surface area contributed by atoms with Gasteiger partial charge in [0.05, 0.1) is 11.2 Å². The van der Waals surface area contributed by atoms with Crippen LogP contribution >= 0.6 is 11.6 Å². The zero-order chi connectivity index (χ0) is 19.5. The average Bonchev–Trinajstić information content (AvgIpc) is 3.42. The van der Waals surface area contributed by atoms with Crippen LogP contribution in [0.15, 0.2) is 30.5 Å². The molecule has 0 radical (unpaired) electrons. The van der Waals surface area contributed by atoms with Gasteiger partial charge in [0.2, 0.25) is 5.95 Å². The minimum atomic E-state index is -0.177. The first kappa shape index (κ1) is 19.0. The van der Waals surface area contributed by atoms with E-state index in [9.17, 15) is 4.79 Å². The van der Waals surface area contributed by atoms with E-state index in [2.05, 4.69) is 38.0 Å². The fourth-order valence-electron chi connectivity index (χ4n) is 4.00. The molecule has 3 heterocycles. The molecule has 2 aliphatic heterocycles. The summed E-state index contributed by atoms with van der Waals surface area (Å²) in [5.41, 5.74) is 2.64. The molecule has 2 saturated heterocycles. The quantitative estimate of drug-likeness (QED) is 0.768. The summed E-state index contributed by atoms with van der Waals surface area (Å²) in [5, 5.41) is 0.299. The smallest absolute Gasteiger partial charge is 0.274 e. The van der Waals surface area contributed by atoms with Gasteiger partial charge in [0, 0.05) is 45.5 Å². The number of carbonyl (C=O) groups is 1. The minimum Gasteiger partial charge on any atom is -0.371 e. The Bertz CT molecular complexity index is 846. The summed E-state index contributed by atoms with van der Waals surface area (Å²) in [6, 6.07) is 8.32. The van der Waals surface area contributed by atoms with Gasteiger partial charge >= 0.3 is 0 Å². The van der Waals surface area contributed by atoms with Crippen LogP contribution in [0, 0.1) is 0 Å². The van der Waals surface area contributed by atoms with Gasteiger partial charge in [-0.2, -0.15) is 0 Å². The van der Waals surface area contributed by atoms with Crippen LogP contribution in [0.4, 0.5) is 11.6 Å². The number of para-hydroxylation sites is 1. The first-order valence-corrected chi connectivity index (χ1v) is 10.4. The Labute approximate surface area is 171 Å². The number of hydrogen-bond donors (Lipinski definition) is 0. The molecule has 0 atom stereocenters. The lowest BCUT2D eigenvalue weighted by atomic mass is 10.1. The summed E-state index contributed by atoms with van der Waals surface area (Å²) in [7, 11) is 1.80. The van der Waals surface area contributed by atoms with Gasteiger partial charge in [-0.1, -0.05) is 29.8 Å². The molecule has 2 aliphatic rings. The molecule has 0 saturated carbocycles. The molecular formula is C21H26ClN5O. The number of hydrogen-bond acceptors (Lipinski definition) is 5. The highest BCUT2D eigenvalue weighted by Gasteiger charge is 2.23. The predicted octanol–water partition coefficient (Wildman–Crippen LogP) is 3.60. The van der Waals surface area contributed by atoms with Gasteiger partial charge in [-0.15, -0.1) is 0 Å². The van der Waals surface area contributed by atoms with E-state index in [1.54, 1.807) is 18.1 Å². The first-order valence-electron chi connectivity index (χ1n) is 9.99. The summed E-state index contributed by atoms with van der Waals surface area (Å²) >= 11 is 6.28. The first-order chi connectivity index (χ1) is 13.6. The summed E-state index contributed by atoms with van der Waals surface area (Å²) in [6.45, 7) is 4.52. The maximum absolute atomic E-state index is 13.1. The third-order valence-electron chi connectivity index (χ3n) is 5.52. The molecule has 148 valence electrons. The molecule has 0 N–H and O–H groups in total. The van der Waals surface area contributed by atoms with E-state index in [-0.39, 0.29) is 11.6 Å². The van der Waals surface area contributed by atoms with Crippen molar-refractivity contribution in [2.45, 2.75) is 32.2 Å². The van der Waals surface area contributed by atoms with Crippen molar-refractivity contribution in [3.63, 3.8) is 0 Å². The summed E-state index contributed by atoms with van der Waals surface area (Å²) in [5.74, 6) is 0.417. The molecule has 2 aromatic rings. The highest BCUT2D eigenvalue weighted by molar-refractivity contribution is 6.33. The third kappa shape index (κ3) is 3.92. The van der Waals surface area contributed by atoms with Gasteiger partial charge in [0.25, 0.3) is 5.91 Å². The van der Waals surface area contributed by atoms with E-state index in [4.69, 9.17) is 11.6 Å². The fourth-order valence-corrected chi connectivity index (χ4v) is 4.17. The molecule has 1 amide bonds. The van der Waals surface area contributed by atoms with E-state index >= 15 is 0 Å². The summed E-state index contributed by atoms with van der Waals surface area (Å²) < 4.78 is 0. The Morgan fingerprint density at radius 1 is 1.07 bits per heavy atom. The van der Waals surface area contributed by atoms with Gasteiger partial charge in [0.1, 0.15) is 0 Å². The van der Waals surface area contributed by atoms with E-state index in [0.717, 1.165) is 44.6 Å². The summed E-state index contributed by atoms with van der Waals surface area (Å²) in [4.78, 5) is 28.1. The lowest BCUT2D eigenvalue weighted by Crippen LogP contribution is -2.30. The third-order valence-corrected chi connectivity index (χ3v) is 5.79. The van der Waals surface area contributed by atoms with Crippen molar-refractivity contribution in [3.05, 3.63) is 46.7 Å². The fraction of sp³-hybridized carbons (Fsp3) is 0.476. The van der Waals surface area contributed by atoms with Crippen molar-refractivity contribution in [1.29, 1.82) is 0 Å². The van der Waals surface area contributed by atoms with E-state index in [1.165, 1.54) is 18.5 Å². The Morgan fingerprint density at radius 3 is 2.43 bits per heavy atom. The lowest BCUT2D eigenvalue weighted by molar-refractivity contribution is 0.0779.